The summed E-state index contributed by atoms with van der Waals surface area (Å²) in [7, 11) is 0. The number of hydrogen-bond acceptors (Lipinski definition) is 4. The Kier molecular flexibility index (Phi) is 3.78. The summed E-state index contributed by atoms with van der Waals surface area (Å²) in [6.07, 6.45) is 9.83. The van der Waals surface area contributed by atoms with Gasteiger partial charge < -0.3 is 0 Å². The monoisotopic (exact) mass is 301 g/mol. The summed E-state index contributed by atoms with van der Waals surface area (Å²) in [4.78, 5) is 4.07. The van der Waals surface area contributed by atoms with E-state index in [0.717, 1.165) is 12.0 Å². The minimum absolute atomic E-state index is 0.0644. The second-order valence-corrected chi connectivity index (χ2v) is 5.83. The predicted octanol–water partition coefficient (Wildman–Crippen LogP) is 3.16. The average Bonchev–Trinajstić information content (AvgIpc) is 3.10. The van der Waals surface area contributed by atoms with Gasteiger partial charge in [-0.1, -0.05) is 31.2 Å². The lowest BCUT2D eigenvalue weighted by molar-refractivity contribution is 0.278. The molecule has 1 aliphatic carbocycles. The van der Waals surface area contributed by atoms with Gasteiger partial charge in [0.2, 0.25) is 0 Å². The highest BCUT2D eigenvalue weighted by Crippen LogP contribution is 2.43. The summed E-state index contributed by atoms with van der Waals surface area (Å²) >= 11 is 0. The summed E-state index contributed by atoms with van der Waals surface area (Å²) < 4.78 is 1.83. The van der Waals surface area contributed by atoms with E-state index in [1.165, 1.54) is 6.33 Å². The van der Waals surface area contributed by atoms with Crippen LogP contribution in [-0.4, -0.2) is 14.8 Å². The maximum atomic E-state index is 9.03. The lowest BCUT2D eigenvalue weighted by Crippen LogP contribution is -2.30. The van der Waals surface area contributed by atoms with Gasteiger partial charge in [0.05, 0.1) is 23.7 Å². The quantitative estimate of drug-likeness (QED) is 0.872. The zero-order chi connectivity index (χ0) is 16.3. The van der Waals surface area contributed by atoms with Crippen molar-refractivity contribution < 1.29 is 0 Å². The van der Waals surface area contributed by atoms with Crippen LogP contribution in [0, 0.1) is 28.1 Å². The minimum Gasteiger partial charge on any atom is -0.245 e. The van der Waals surface area contributed by atoms with E-state index in [-0.39, 0.29) is 11.5 Å². The molecule has 112 valence electrons. The van der Waals surface area contributed by atoms with Gasteiger partial charge in [-0.05, 0) is 30.2 Å². The summed E-state index contributed by atoms with van der Waals surface area (Å²) in [5.74, 6) is 0. The van der Waals surface area contributed by atoms with Crippen molar-refractivity contribution in [1.82, 2.24) is 14.8 Å². The fourth-order valence-corrected chi connectivity index (χ4v) is 2.96. The largest absolute Gasteiger partial charge is 0.245 e. The molecule has 0 radical (unpaired) electrons. The van der Waals surface area contributed by atoms with Crippen molar-refractivity contribution in [3.8, 4) is 12.1 Å². The van der Waals surface area contributed by atoms with Crippen LogP contribution in [0.15, 0.2) is 60.7 Å². The fourth-order valence-electron chi connectivity index (χ4n) is 2.96. The SMILES string of the molecule is CC1(C(c2ccc(C#N)cc2)n2cncn2)C=CC(C#N)=CC1. The molecule has 5 heteroatoms. The molecule has 3 rings (SSSR count). The molecule has 0 aliphatic heterocycles. The normalized spacial score (nSPS) is 21.1. The van der Waals surface area contributed by atoms with E-state index in [0.29, 0.717) is 11.1 Å². The minimum atomic E-state index is -0.234. The molecule has 1 aromatic heterocycles. The van der Waals surface area contributed by atoms with Crippen LogP contribution in [-0.2, 0) is 0 Å². The average molecular weight is 301 g/mol. The van der Waals surface area contributed by atoms with Gasteiger partial charge in [0.25, 0.3) is 0 Å². The maximum absolute atomic E-state index is 9.03. The van der Waals surface area contributed by atoms with Crippen molar-refractivity contribution in [3.05, 3.63) is 71.8 Å². The van der Waals surface area contributed by atoms with Gasteiger partial charge in [-0.15, -0.1) is 0 Å². The van der Waals surface area contributed by atoms with Crippen LogP contribution in [0.2, 0.25) is 0 Å². The van der Waals surface area contributed by atoms with Gasteiger partial charge in [-0.25, -0.2) is 9.67 Å². The number of hydrogen-bond donors (Lipinski definition) is 0. The first-order chi connectivity index (χ1) is 11.2. The number of benzene rings is 1. The molecule has 2 atom stereocenters. The Balaban J connectivity index is 2.04. The number of nitrogens with zero attached hydrogens (tertiary/aromatic N) is 5. The highest BCUT2D eigenvalue weighted by Gasteiger charge is 2.35. The van der Waals surface area contributed by atoms with E-state index in [2.05, 4.69) is 35.2 Å². The molecule has 0 bridgehead atoms. The maximum Gasteiger partial charge on any atom is 0.137 e. The zero-order valence-electron chi connectivity index (χ0n) is 12.7. The molecule has 1 heterocycles. The standard InChI is InChI=1S/C18H15N5/c1-18(8-6-15(11-20)7-9-18)17(23-13-21-12-22-23)16-4-2-14(10-19)3-5-16/h2-8,12-13,17H,9H2,1H3. The van der Waals surface area contributed by atoms with E-state index in [4.69, 9.17) is 10.5 Å². The van der Waals surface area contributed by atoms with E-state index >= 15 is 0 Å². The van der Waals surface area contributed by atoms with E-state index in [9.17, 15) is 0 Å². The Bertz CT molecular complexity index is 831. The Morgan fingerprint density at radius 2 is 2.00 bits per heavy atom. The predicted molar refractivity (Wildman–Crippen MR) is 84.9 cm³/mol. The Hall–Kier alpha value is -3.18. The number of allylic oxidation sites excluding steroid dienone is 4. The van der Waals surface area contributed by atoms with Crippen molar-refractivity contribution in [3.63, 3.8) is 0 Å². The van der Waals surface area contributed by atoms with E-state index in [1.54, 1.807) is 6.33 Å². The van der Waals surface area contributed by atoms with Crippen LogP contribution in [0.5, 0.6) is 0 Å². The van der Waals surface area contributed by atoms with Crippen molar-refractivity contribution in [1.29, 1.82) is 10.5 Å². The smallest absolute Gasteiger partial charge is 0.137 e. The van der Waals surface area contributed by atoms with Gasteiger partial charge in [0.1, 0.15) is 12.7 Å². The molecule has 23 heavy (non-hydrogen) atoms. The molecule has 5 nitrogen and oxygen atoms in total. The Morgan fingerprint density at radius 3 is 2.52 bits per heavy atom. The molecule has 2 unspecified atom stereocenters. The van der Waals surface area contributed by atoms with Crippen LogP contribution in [0.25, 0.3) is 0 Å². The van der Waals surface area contributed by atoms with Gasteiger partial charge >= 0.3 is 0 Å². The summed E-state index contributed by atoms with van der Waals surface area (Å²) in [6.45, 7) is 2.14. The van der Waals surface area contributed by atoms with Crippen LogP contribution < -0.4 is 0 Å². The Morgan fingerprint density at radius 1 is 1.22 bits per heavy atom. The first kappa shape index (κ1) is 14.7. The third-order valence-electron chi connectivity index (χ3n) is 4.22. The second-order valence-electron chi connectivity index (χ2n) is 5.83. The molecule has 0 saturated carbocycles. The lowest BCUT2D eigenvalue weighted by Gasteiger charge is -2.36. The first-order valence-electron chi connectivity index (χ1n) is 7.30. The second kappa shape index (κ2) is 5.90. The topological polar surface area (TPSA) is 78.3 Å². The highest BCUT2D eigenvalue weighted by molar-refractivity contribution is 5.40. The summed E-state index contributed by atoms with van der Waals surface area (Å²) in [5, 5.41) is 22.3. The molecule has 0 saturated heterocycles. The molecule has 0 amide bonds. The van der Waals surface area contributed by atoms with Crippen molar-refractivity contribution in [2.75, 3.05) is 0 Å². The molecular weight excluding hydrogens is 286 g/mol. The summed E-state index contributed by atoms with van der Waals surface area (Å²) in [5.41, 5.74) is 2.12. The van der Waals surface area contributed by atoms with Crippen molar-refractivity contribution >= 4 is 0 Å². The highest BCUT2D eigenvalue weighted by atomic mass is 15.3. The molecule has 0 N–H and O–H groups in total. The molecule has 1 aromatic carbocycles. The number of rotatable bonds is 3. The molecule has 0 fully saturated rings. The van der Waals surface area contributed by atoms with Crippen LogP contribution in [0.1, 0.15) is 30.5 Å². The van der Waals surface area contributed by atoms with Crippen molar-refractivity contribution in [2.24, 2.45) is 5.41 Å². The molecular formula is C18H15N5. The zero-order valence-corrected chi connectivity index (χ0v) is 12.7. The number of aromatic nitrogens is 3. The third kappa shape index (κ3) is 2.77. The van der Waals surface area contributed by atoms with Gasteiger partial charge in [0.15, 0.2) is 0 Å². The molecule has 2 aromatic rings. The van der Waals surface area contributed by atoms with Crippen LogP contribution >= 0.6 is 0 Å². The first-order valence-corrected chi connectivity index (χ1v) is 7.30. The van der Waals surface area contributed by atoms with Gasteiger partial charge in [0, 0.05) is 11.0 Å². The van der Waals surface area contributed by atoms with Gasteiger partial charge in [-0.2, -0.15) is 15.6 Å². The van der Waals surface area contributed by atoms with Gasteiger partial charge in [-0.3, -0.25) is 0 Å². The summed E-state index contributed by atoms with van der Waals surface area (Å²) in [6, 6.07) is 11.8. The van der Waals surface area contributed by atoms with Crippen LogP contribution in [0.3, 0.4) is 0 Å². The molecule has 0 spiro atoms. The van der Waals surface area contributed by atoms with E-state index < -0.39 is 0 Å². The van der Waals surface area contributed by atoms with E-state index in [1.807, 2.05) is 41.1 Å². The fraction of sp³-hybridized carbons (Fsp3) is 0.222. The third-order valence-corrected chi connectivity index (χ3v) is 4.22. The molecule has 1 aliphatic rings. The lowest BCUT2D eigenvalue weighted by atomic mass is 9.73. The van der Waals surface area contributed by atoms with Crippen molar-refractivity contribution in [2.45, 2.75) is 19.4 Å². The number of nitriles is 2. The Labute approximate surface area is 134 Å². The van der Waals surface area contributed by atoms with Crippen LogP contribution in [0.4, 0.5) is 0 Å².